The lowest BCUT2D eigenvalue weighted by Crippen LogP contribution is -2.17. The van der Waals surface area contributed by atoms with E-state index in [4.69, 9.17) is 22.4 Å². The number of nitrogens with two attached hydrogens (primary N) is 1. The summed E-state index contributed by atoms with van der Waals surface area (Å²) < 4.78 is 0. The van der Waals surface area contributed by atoms with Crippen LogP contribution < -0.4 is 11.1 Å². The fourth-order valence-corrected chi connectivity index (χ4v) is 1.27. The van der Waals surface area contributed by atoms with Gasteiger partial charge < -0.3 is 16.2 Å². The lowest BCUT2D eigenvalue weighted by atomic mass is 10.2. The van der Waals surface area contributed by atoms with Gasteiger partial charge in [-0.25, -0.2) is 0 Å². The molecular formula is C10H9ClN2O4. The fourth-order valence-electron chi connectivity index (χ4n) is 1.11. The highest BCUT2D eigenvalue weighted by molar-refractivity contribution is 6.34. The van der Waals surface area contributed by atoms with E-state index < -0.39 is 24.2 Å². The number of carboxylic acid groups (broad SMARTS) is 1. The Hall–Kier alpha value is -2.08. The zero-order valence-corrected chi connectivity index (χ0v) is 9.32. The Morgan fingerprint density at radius 2 is 2.00 bits per heavy atom. The standard InChI is InChI=1S/C10H9ClN2O4/c11-6-2-1-5(10(12)17)3-7(6)13-8(14)4-9(15)16/h1-3H,4H2,(H2,12,17)(H,13,14)(H,15,16). The maximum Gasteiger partial charge on any atom is 0.312 e. The Morgan fingerprint density at radius 1 is 1.35 bits per heavy atom. The second-order valence-electron chi connectivity index (χ2n) is 3.18. The van der Waals surface area contributed by atoms with Crippen LogP contribution in [0.3, 0.4) is 0 Å². The Bertz CT molecular complexity index is 487. The van der Waals surface area contributed by atoms with Gasteiger partial charge in [-0.2, -0.15) is 0 Å². The molecule has 1 aromatic carbocycles. The summed E-state index contributed by atoms with van der Waals surface area (Å²) in [6, 6.07) is 4.07. The summed E-state index contributed by atoms with van der Waals surface area (Å²) in [5, 5.41) is 10.9. The number of benzene rings is 1. The molecule has 1 aromatic rings. The van der Waals surface area contributed by atoms with Crippen molar-refractivity contribution in [1.29, 1.82) is 0 Å². The number of anilines is 1. The number of hydrogen-bond donors (Lipinski definition) is 3. The fraction of sp³-hybridized carbons (Fsp3) is 0.100. The monoisotopic (exact) mass is 256 g/mol. The predicted molar refractivity (Wildman–Crippen MR) is 60.9 cm³/mol. The minimum atomic E-state index is -1.26. The zero-order valence-electron chi connectivity index (χ0n) is 8.57. The highest BCUT2D eigenvalue weighted by atomic mass is 35.5. The molecule has 4 N–H and O–H groups in total. The van der Waals surface area contributed by atoms with Gasteiger partial charge in [-0.05, 0) is 18.2 Å². The van der Waals surface area contributed by atoms with Crippen LogP contribution in [0.2, 0.25) is 5.02 Å². The first-order chi connectivity index (χ1) is 7.90. The van der Waals surface area contributed by atoms with Crippen LogP contribution in [0.15, 0.2) is 18.2 Å². The molecule has 17 heavy (non-hydrogen) atoms. The largest absolute Gasteiger partial charge is 0.481 e. The third kappa shape index (κ3) is 3.76. The van der Waals surface area contributed by atoms with Gasteiger partial charge >= 0.3 is 5.97 Å². The summed E-state index contributed by atoms with van der Waals surface area (Å²) in [7, 11) is 0. The Labute approximate surface area is 101 Å². The highest BCUT2D eigenvalue weighted by Gasteiger charge is 2.11. The molecule has 6 nitrogen and oxygen atoms in total. The third-order valence-corrected chi connectivity index (χ3v) is 2.17. The van der Waals surface area contributed by atoms with Crippen molar-refractivity contribution in [2.24, 2.45) is 5.73 Å². The zero-order chi connectivity index (χ0) is 13.0. The first-order valence-electron chi connectivity index (χ1n) is 4.51. The van der Waals surface area contributed by atoms with E-state index in [0.29, 0.717) is 0 Å². The molecule has 0 radical (unpaired) electrons. The van der Waals surface area contributed by atoms with Crippen molar-refractivity contribution in [3.05, 3.63) is 28.8 Å². The molecule has 7 heteroatoms. The van der Waals surface area contributed by atoms with Crippen LogP contribution in [0.4, 0.5) is 5.69 Å². The summed E-state index contributed by atoms with van der Waals surface area (Å²) in [6.07, 6.45) is -0.683. The van der Waals surface area contributed by atoms with Crippen molar-refractivity contribution >= 4 is 35.1 Å². The van der Waals surface area contributed by atoms with Crippen molar-refractivity contribution in [3.63, 3.8) is 0 Å². The molecule has 2 amide bonds. The number of rotatable bonds is 4. The summed E-state index contributed by atoms with van der Waals surface area (Å²) in [4.78, 5) is 32.4. The maximum atomic E-state index is 11.2. The van der Waals surface area contributed by atoms with Gasteiger partial charge in [0.1, 0.15) is 6.42 Å². The summed E-state index contributed by atoms with van der Waals surface area (Å²) in [6.45, 7) is 0. The summed E-state index contributed by atoms with van der Waals surface area (Å²) in [5.74, 6) is -2.67. The molecule has 0 heterocycles. The molecular weight excluding hydrogens is 248 g/mol. The highest BCUT2D eigenvalue weighted by Crippen LogP contribution is 2.23. The van der Waals surface area contributed by atoms with E-state index in [9.17, 15) is 14.4 Å². The molecule has 0 unspecified atom stereocenters. The molecule has 0 aliphatic rings. The number of halogens is 1. The van der Waals surface area contributed by atoms with Gasteiger partial charge in [-0.3, -0.25) is 14.4 Å². The molecule has 0 atom stereocenters. The van der Waals surface area contributed by atoms with E-state index in [0.717, 1.165) is 0 Å². The molecule has 1 rings (SSSR count). The second kappa shape index (κ2) is 5.31. The molecule has 0 saturated carbocycles. The minimum Gasteiger partial charge on any atom is -0.481 e. The van der Waals surface area contributed by atoms with Gasteiger partial charge in [0.15, 0.2) is 0 Å². The number of carbonyl (C=O) groups excluding carboxylic acids is 2. The molecule has 0 aromatic heterocycles. The van der Waals surface area contributed by atoms with Gasteiger partial charge in [0.25, 0.3) is 0 Å². The number of carboxylic acids is 1. The van der Waals surface area contributed by atoms with Crippen molar-refractivity contribution in [2.45, 2.75) is 6.42 Å². The molecule has 0 fully saturated rings. The van der Waals surface area contributed by atoms with Gasteiger partial charge in [-0.15, -0.1) is 0 Å². The normalized spacial score (nSPS) is 9.71. The Morgan fingerprint density at radius 3 is 2.53 bits per heavy atom. The molecule has 0 spiro atoms. The molecule has 90 valence electrons. The molecule has 0 bridgehead atoms. The average molecular weight is 257 g/mol. The maximum absolute atomic E-state index is 11.2. The minimum absolute atomic E-state index is 0.147. The number of carbonyl (C=O) groups is 3. The van der Waals surface area contributed by atoms with E-state index in [-0.39, 0.29) is 16.3 Å². The lowest BCUT2D eigenvalue weighted by molar-refractivity contribution is -0.139. The SMILES string of the molecule is NC(=O)c1ccc(Cl)c(NC(=O)CC(=O)O)c1. The quantitative estimate of drug-likeness (QED) is 0.694. The number of primary amides is 1. The van der Waals surface area contributed by atoms with Crippen LogP contribution in [0.5, 0.6) is 0 Å². The first-order valence-corrected chi connectivity index (χ1v) is 4.89. The van der Waals surface area contributed by atoms with Crippen LogP contribution in [0.1, 0.15) is 16.8 Å². The van der Waals surface area contributed by atoms with Gasteiger partial charge in [-0.1, -0.05) is 11.6 Å². The number of aliphatic carboxylic acids is 1. The van der Waals surface area contributed by atoms with Crippen molar-refractivity contribution in [2.75, 3.05) is 5.32 Å². The van der Waals surface area contributed by atoms with Crippen molar-refractivity contribution in [3.8, 4) is 0 Å². The van der Waals surface area contributed by atoms with Crippen LogP contribution in [0.25, 0.3) is 0 Å². The van der Waals surface area contributed by atoms with E-state index in [2.05, 4.69) is 5.32 Å². The number of nitrogens with one attached hydrogen (secondary N) is 1. The Balaban J connectivity index is 2.90. The van der Waals surface area contributed by atoms with Crippen molar-refractivity contribution < 1.29 is 19.5 Å². The van der Waals surface area contributed by atoms with E-state index in [1.165, 1.54) is 18.2 Å². The predicted octanol–water partition coefficient (Wildman–Crippen LogP) is 0.852. The summed E-state index contributed by atoms with van der Waals surface area (Å²) >= 11 is 5.77. The third-order valence-electron chi connectivity index (χ3n) is 1.84. The number of hydrogen-bond acceptors (Lipinski definition) is 3. The summed E-state index contributed by atoms with van der Waals surface area (Å²) in [5.41, 5.74) is 5.37. The number of amides is 2. The topological polar surface area (TPSA) is 109 Å². The van der Waals surface area contributed by atoms with Crippen LogP contribution in [-0.2, 0) is 9.59 Å². The first kappa shape index (κ1) is 13.0. The van der Waals surface area contributed by atoms with Crippen molar-refractivity contribution in [1.82, 2.24) is 0 Å². The van der Waals surface area contributed by atoms with Crippen LogP contribution >= 0.6 is 11.6 Å². The van der Waals surface area contributed by atoms with E-state index >= 15 is 0 Å². The lowest BCUT2D eigenvalue weighted by Gasteiger charge is -2.07. The smallest absolute Gasteiger partial charge is 0.312 e. The average Bonchev–Trinajstić information content (AvgIpc) is 2.19. The van der Waals surface area contributed by atoms with E-state index in [1.807, 2.05) is 0 Å². The molecule has 0 aliphatic heterocycles. The van der Waals surface area contributed by atoms with Crippen LogP contribution in [0, 0.1) is 0 Å². The second-order valence-corrected chi connectivity index (χ2v) is 3.58. The van der Waals surface area contributed by atoms with Gasteiger partial charge in [0, 0.05) is 5.56 Å². The van der Waals surface area contributed by atoms with E-state index in [1.54, 1.807) is 0 Å². The van der Waals surface area contributed by atoms with Gasteiger partial charge in [0.05, 0.1) is 10.7 Å². The van der Waals surface area contributed by atoms with Gasteiger partial charge in [0.2, 0.25) is 11.8 Å². The molecule has 0 aliphatic carbocycles. The molecule has 0 saturated heterocycles. The Kier molecular flexibility index (Phi) is 4.06. The van der Waals surface area contributed by atoms with Crippen LogP contribution in [-0.4, -0.2) is 22.9 Å².